The van der Waals surface area contributed by atoms with E-state index in [0.717, 1.165) is 10.6 Å². The lowest BCUT2D eigenvalue weighted by Gasteiger charge is -2.07. The van der Waals surface area contributed by atoms with Crippen molar-refractivity contribution in [2.75, 3.05) is 5.75 Å². The summed E-state index contributed by atoms with van der Waals surface area (Å²) in [4.78, 5) is 17.6. The summed E-state index contributed by atoms with van der Waals surface area (Å²) in [7, 11) is 0. The maximum Gasteiger partial charge on any atom is 0.252 e. The van der Waals surface area contributed by atoms with Crippen molar-refractivity contribution in [3.8, 4) is 11.4 Å². The fraction of sp³-hybridized carbons (Fsp3) is 0.167. The number of carbonyl (C=O) groups is 1. The van der Waals surface area contributed by atoms with Gasteiger partial charge in [-0.15, -0.1) is 11.8 Å². The maximum atomic E-state index is 12.4. The van der Waals surface area contributed by atoms with Gasteiger partial charge in [-0.1, -0.05) is 47.9 Å². The molecule has 1 heterocycles. The van der Waals surface area contributed by atoms with Gasteiger partial charge in [0.15, 0.2) is 0 Å². The highest BCUT2D eigenvalue weighted by Gasteiger charge is 2.14. The molecule has 0 saturated heterocycles. The van der Waals surface area contributed by atoms with Gasteiger partial charge in [0.05, 0.1) is 17.1 Å². The van der Waals surface area contributed by atoms with Crippen LogP contribution < -0.4 is 5.32 Å². The number of carbonyl (C=O) groups excluding carboxylic acids is 1. The lowest BCUT2D eigenvalue weighted by molar-refractivity contribution is 0.0943. The van der Waals surface area contributed by atoms with Crippen LogP contribution in [0.1, 0.15) is 23.2 Å². The second-order valence-corrected chi connectivity index (χ2v) is 6.82. The normalized spacial score (nSPS) is 10.6. The van der Waals surface area contributed by atoms with E-state index in [1.165, 1.54) is 0 Å². The van der Waals surface area contributed by atoms with Crippen molar-refractivity contribution in [3.63, 3.8) is 0 Å². The Morgan fingerprint density at radius 2 is 1.96 bits per heavy atom. The zero-order valence-corrected chi connectivity index (χ0v) is 15.1. The highest BCUT2D eigenvalue weighted by Crippen LogP contribution is 2.25. The predicted octanol–water partition coefficient (Wildman–Crippen LogP) is 4.43. The van der Waals surface area contributed by atoms with Gasteiger partial charge < -0.3 is 9.84 Å². The van der Waals surface area contributed by atoms with Gasteiger partial charge in [0.25, 0.3) is 5.91 Å². The highest BCUT2D eigenvalue weighted by atomic mass is 35.5. The van der Waals surface area contributed by atoms with Crippen molar-refractivity contribution in [1.29, 1.82) is 0 Å². The van der Waals surface area contributed by atoms with Crippen LogP contribution in [0.3, 0.4) is 0 Å². The van der Waals surface area contributed by atoms with Gasteiger partial charge in [-0.2, -0.15) is 4.98 Å². The van der Waals surface area contributed by atoms with E-state index in [1.54, 1.807) is 23.9 Å². The molecule has 0 saturated carbocycles. The third kappa shape index (κ3) is 4.21. The second-order valence-electron chi connectivity index (χ2n) is 5.10. The Morgan fingerprint density at radius 1 is 1.20 bits per heavy atom. The summed E-state index contributed by atoms with van der Waals surface area (Å²) in [6.07, 6.45) is 0. The molecule has 3 aromatic rings. The van der Waals surface area contributed by atoms with Gasteiger partial charge in [-0.05, 0) is 30.0 Å². The molecule has 0 aliphatic heterocycles. The van der Waals surface area contributed by atoms with Gasteiger partial charge in [0, 0.05) is 10.5 Å². The maximum absolute atomic E-state index is 12.4. The molecule has 1 amide bonds. The molecule has 25 heavy (non-hydrogen) atoms. The molecule has 1 aromatic heterocycles. The van der Waals surface area contributed by atoms with Crippen LogP contribution in [-0.2, 0) is 6.54 Å². The Labute approximate surface area is 154 Å². The minimum absolute atomic E-state index is 0.154. The third-order valence-corrected chi connectivity index (χ3v) is 4.70. The molecule has 0 unspecified atom stereocenters. The lowest BCUT2D eigenvalue weighted by Crippen LogP contribution is -2.23. The van der Waals surface area contributed by atoms with E-state index in [2.05, 4.69) is 15.5 Å². The molecule has 0 radical (unpaired) electrons. The smallest absolute Gasteiger partial charge is 0.252 e. The second kappa shape index (κ2) is 8.18. The Balaban J connectivity index is 1.69. The van der Waals surface area contributed by atoms with E-state index in [9.17, 15) is 4.79 Å². The molecule has 0 bridgehead atoms. The zero-order valence-electron chi connectivity index (χ0n) is 13.5. The van der Waals surface area contributed by atoms with Crippen LogP contribution in [0.4, 0.5) is 0 Å². The number of halogens is 1. The summed E-state index contributed by atoms with van der Waals surface area (Å²) in [5.74, 6) is 1.45. The molecule has 1 N–H and O–H groups in total. The molecule has 0 fully saturated rings. The Bertz CT molecular complexity index is 882. The monoisotopic (exact) mass is 373 g/mol. The van der Waals surface area contributed by atoms with Gasteiger partial charge in [-0.25, -0.2) is 0 Å². The van der Waals surface area contributed by atoms with Gasteiger partial charge >= 0.3 is 0 Å². The number of amides is 1. The van der Waals surface area contributed by atoms with Crippen molar-refractivity contribution >= 4 is 29.3 Å². The zero-order chi connectivity index (χ0) is 17.6. The van der Waals surface area contributed by atoms with Gasteiger partial charge in [0.1, 0.15) is 0 Å². The molecular formula is C18H16ClN3O2S. The van der Waals surface area contributed by atoms with Crippen molar-refractivity contribution in [2.24, 2.45) is 0 Å². The molecule has 3 rings (SSSR count). The fourth-order valence-electron chi connectivity index (χ4n) is 2.27. The van der Waals surface area contributed by atoms with E-state index >= 15 is 0 Å². The minimum atomic E-state index is -0.172. The summed E-state index contributed by atoms with van der Waals surface area (Å²) < 4.78 is 5.20. The Kier molecular flexibility index (Phi) is 5.73. The first-order valence-electron chi connectivity index (χ1n) is 7.76. The van der Waals surface area contributed by atoms with Crippen molar-refractivity contribution in [1.82, 2.24) is 15.5 Å². The van der Waals surface area contributed by atoms with Crippen molar-refractivity contribution in [2.45, 2.75) is 18.4 Å². The predicted molar refractivity (Wildman–Crippen MR) is 98.8 cm³/mol. The average Bonchev–Trinajstić information content (AvgIpc) is 3.09. The lowest BCUT2D eigenvalue weighted by atomic mass is 10.2. The van der Waals surface area contributed by atoms with Crippen LogP contribution in [-0.4, -0.2) is 21.8 Å². The number of hydrogen-bond donors (Lipinski definition) is 1. The standard InChI is InChI=1S/C18H16ClN3O2S/c1-2-25-15-10-6-4-8-13(15)18(23)20-11-16-21-17(22-24-16)12-7-3-5-9-14(12)19/h3-10H,2,11H2,1H3,(H,20,23). The van der Waals surface area contributed by atoms with E-state index in [-0.39, 0.29) is 12.5 Å². The summed E-state index contributed by atoms with van der Waals surface area (Å²) >= 11 is 7.76. The molecule has 0 atom stereocenters. The van der Waals surface area contributed by atoms with E-state index in [4.69, 9.17) is 16.1 Å². The molecule has 5 nitrogen and oxygen atoms in total. The topological polar surface area (TPSA) is 68.0 Å². The van der Waals surface area contributed by atoms with Crippen molar-refractivity contribution in [3.05, 3.63) is 65.0 Å². The van der Waals surface area contributed by atoms with E-state index in [0.29, 0.717) is 27.9 Å². The van der Waals surface area contributed by atoms with E-state index < -0.39 is 0 Å². The summed E-state index contributed by atoms with van der Waals surface area (Å²) in [6, 6.07) is 14.8. The average molecular weight is 374 g/mol. The van der Waals surface area contributed by atoms with Crippen LogP contribution in [0.25, 0.3) is 11.4 Å². The van der Waals surface area contributed by atoms with Crippen molar-refractivity contribution < 1.29 is 9.32 Å². The van der Waals surface area contributed by atoms with Gasteiger partial charge in [0.2, 0.25) is 11.7 Å². The summed E-state index contributed by atoms with van der Waals surface area (Å²) in [5.41, 5.74) is 1.33. The van der Waals surface area contributed by atoms with Crippen LogP contribution in [0.5, 0.6) is 0 Å². The number of nitrogens with one attached hydrogen (secondary N) is 1. The molecule has 0 aliphatic carbocycles. The minimum Gasteiger partial charge on any atom is -0.343 e. The van der Waals surface area contributed by atoms with Crippen LogP contribution >= 0.6 is 23.4 Å². The molecule has 2 aromatic carbocycles. The number of benzene rings is 2. The van der Waals surface area contributed by atoms with Crippen LogP contribution in [0.2, 0.25) is 5.02 Å². The SMILES string of the molecule is CCSc1ccccc1C(=O)NCc1nc(-c2ccccc2Cl)no1. The first-order chi connectivity index (χ1) is 12.2. The fourth-order valence-corrected chi connectivity index (χ4v) is 3.29. The molecular weight excluding hydrogens is 358 g/mol. The highest BCUT2D eigenvalue weighted by molar-refractivity contribution is 7.99. The summed E-state index contributed by atoms with van der Waals surface area (Å²) in [5, 5.41) is 7.28. The van der Waals surface area contributed by atoms with Crippen LogP contribution in [0.15, 0.2) is 57.9 Å². The Hall–Kier alpha value is -2.31. The quantitative estimate of drug-likeness (QED) is 0.647. The molecule has 7 heteroatoms. The first kappa shape index (κ1) is 17.5. The van der Waals surface area contributed by atoms with Gasteiger partial charge in [-0.3, -0.25) is 4.79 Å². The number of nitrogens with zero attached hydrogens (tertiary/aromatic N) is 2. The number of hydrogen-bond acceptors (Lipinski definition) is 5. The number of rotatable bonds is 6. The van der Waals surface area contributed by atoms with E-state index in [1.807, 2.05) is 43.3 Å². The first-order valence-corrected chi connectivity index (χ1v) is 9.13. The Morgan fingerprint density at radius 3 is 2.76 bits per heavy atom. The number of thioether (sulfide) groups is 1. The number of aromatic nitrogens is 2. The third-order valence-electron chi connectivity index (χ3n) is 3.41. The summed E-state index contributed by atoms with van der Waals surface area (Å²) in [6.45, 7) is 2.20. The largest absolute Gasteiger partial charge is 0.343 e. The van der Waals surface area contributed by atoms with Crippen LogP contribution in [0, 0.1) is 0 Å². The molecule has 0 spiro atoms. The molecule has 128 valence electrons. The molecule has 0 aliphatic rings.